The van der Waals surface area contributed by atoms with E-state index >= 15 is 0 Å². The molecule has 0 saturated carbocycles. The van der Waals surface area contributed by atoms with Crippen molar-refractivity contribution in [2.24, 2.45) is 0 Å². The van der Waals surface area contributed by atoms with Crippen molar-refractivity contribution in [3.8, 4) is 0 Å². The van der Waals surface area contributed by atoms with Crippen molar-refractivity contribution in [2.75, 3.05) is 31.7 Å². The van der Waals surface area contributed by atoms with Gasteiger partial charge in [0.2, 0.25) is 0 Å². The molecule has 1 rings (SSSR count). The molecule has 2 N–H and O–H groups in total. The largest absolute Gasteiger partial charge is 0.481 e. The fourth-order valence-electron chi connectivity index (χ4n) is 2.23. The van der Waals surface area contributed by atoms with Gasteiger partial charge in [0.1, 0.15) is 0 Å². The molecule has 1 aliphatic rings. The molecule has 122 valence electrons. The van der Waals surface area contributed by atoms with Gasteiger partial charge in [0.25, 0.3) is 0 Å². The van der Waals surface area contributed by atoms with Crippen LogP contribution >= 0.6 is 0 Å². The fraction of sp³-hybridized carbons (Fsp3) is 0.846. The Morgan fingerprint density at radius 3 is 2.57 bits per heavy atom. The van der Waals surface area contributed by atoms with Crippen LogP contribution in [0, 0.1) is 0 Å². The minimum absolute atomic E-state index is 0.00632. The molecule has 2 atom stereocenters. The van der Waals surface area contributed by atoms with E-state index in [2.05, 4.69) is 5.32 Å². The van der Waals surface area contributed by atoms with Crippen molar-refractivity contribution < 1.29 is 23.6 Å². The Labute approximate surface area is 127 Å². The Balaban J connectivity index is 2.24. The number of hydrogen-bond acceptors (Lipinski definition) is 4. The Morgan fingerprint density at radius 2 is 2.05 bits per heavy atom. The highest BCUT2D eigenvalue weighted by Crippen LogP contribution is 2.14. The van der Waals surface area contributed by atoms with E-state index < -0.39 is 16.8 Å². The number of nitrogens with zero attached hydrogens (tertiary/aromatic N) is 1. The Kier molecular flexibility index (Phi) is 7.66. The lowest BCUT2D eigenvalue weighted by Crippen LogP contribution is -2.49. The van der Waals surface area contributed by atoms with Gasteiger partial charge in [-0.25, -0.2) is 4.79 Å². The lowest BCUT2D eigenvalue weighted by molar-refractivity contribution is -0.138. The van der Waals surface area contributed by atoms with Crippen LogP contribution in [0.15, 0.2) is 0 Å². The van der Waals surface area contributed by atoms with Crippen LogP contribution in [-0.4, -0.2) is 70.1 Å². The number of piperidine rings is 1. The van der Waals surface area contributed by atoms with Crippen LogP contribution in [0.25, 0.3) is 0 Å². The molecule has 8 heteroatoms. The molecule has 0 aromatic carbocycles. The van der Waals surface area contributed by atoms with Crippen molar-refractivity contribution in [3.05, 3.63) is 0 Å². The highest BCUT2D eigenvalue weighted by atomic mass is 32.2. The molecule has 1 saturated heterocycles. The number of carboxylic acid groups (broad SMARTS) is 1. The van der Waals surface area contributed by atoms with Gasteiger partial charge < -0.3 is 20.1 Å². The van der Waals surface area contributed by atoms with Gasteiger partial charge in [-0.2, -0.15) is 0 Å². The van der Waals surface area contributed by atoms with Gasteiger partial charge >= 0.3 is 12.0 Å². The average Bonchev–Trinajstić information content (AvgIpc) is 2.37. The highest BCUT2D eigenvalue weighted by molar-refractivity contribution is 7.84. The highest BCUT2D eigenvalue weighted by Gasteiger charge is 2.24. The molecule has 1 fully saturated rings. The molecule has 0 aromatic rings. The molecular weight excluding hydrogens is 296 g/mol. The number of aliphatic carboxylic acids is 1. The van der Waals surface area contributed by atoms with Gasteiger partial charge in [0, 0.05) is 41.9 Å². The molecule has 2 amide bonds. The SMILES string of the molecule is CC(CS(C)=O)NC(=O)N1CCC(OCCC(=O)O)CC1. The maximum atomic E-state index is 12.0. The quantitative estimate of drug-likeness (QED) is 0.709. The Hall–Kier alpha value is -1.15. The minimum Gasteiger partial charge on any atom is -0.481 e. The van der Waals surface area contributed by atoms with E-state index in [9.17, 15) is 13.8 Å². The molecule has 2 unspecified atom stereocenters. The number of amides is 2. The van der Waals surface area contributed by atoms with E-state index in [1.165, 1.54) is 0 Å². The molecule has 21 heavy (non-hydrogen) atoms. The lowest BCUT2D eigenvalue weighted by atomic mass is 10.1. The minimum atomic E-state index is -0.932. The van der Waals surface area contributed by atoms with Gasteiger partial charge in [-0.15, -0.1) is 0 Å². The molecule has 1 heterocycles. The zero-order chi connectivity index (χ0) is 15.8. The predicted octanol–water partition coefficient (Wildman–Crippen LogP) is 0.419. The van der Waals surface area contributed by atoms with Crippen molar-refractivity contribution >= 4 is 22.8 Å². The summed E-state index contributed by atoms with van der Waals surface area (Å²) in [5, 5.41) is 11.4. The lowest BCUT2D eigenvalue weighted by Gasteiger charge is -2.32. The first kappa shape index (κ1) is 17.9. The van der Waals surface area contributed by atoms with Crippen molar-refractivity contribution in [1.82, 2.24) is 10.2 Å². The third-order valence-corrected chi connectivity index (χ3v) is 4.22. The summed E-state index contributed by atoms with van der Waals surface area (Å²) < 4.78 is 16.6. The van der Waals surface area contributed by atoms with Crippen LogP contribution < -0.4 is 5.32 Å². The van der Waals surface area contributed by atoms with E-state index in [0.717, 1.165) is 0 Å². The van der Waals surface area contributed by atoms with E-state index in [1.54, 1.807) is 11.2 Å². The van der Waals surface area contributed by atoms with Crippen LogP contribution in [0.4, 0.5) is 4.79 Å². The monoisotopic (exact) mass is 320 g/mol. The number of carbonyl (C=O) groups excluding carboxylic acids is 1. The van der Waals surface area contributed by atoms with Gasteiger partial charge in [-0.1, -0.05) is 0 Å². The summed E-state index contributed by atoms with van der Waals surface area (Å²) in [4.78, 5) is 24.1. The summed E-state index contributed by atoms with van der Waals surface area (Å²) in [6.07, 6.45) is 3.06. The topological polar surface area (TPSA) is 95.9 Å². The van der Waals surface area contributed by atoms with E-state index in [4.69, 9.17) is 9.84 Å². The van der Waals surface area contributed by atoms with Crippen molar-refractivity contribution in [1.29, 1.82) is 0 Å². The van der Waals surface area contributed by atoms with Crippen LogP contribution in [-0.2, 0) is 20.3 Å². The number of likely N-dealkylation sites (tertiary alicyclic amines) is 1. The van der Waals surface area contributed by atoms with Gasteiger partial charge in [-0.3, -0.25) is 9.00 Å². The molecule has 0 radical (unpaired) electrons. The third kappa shape index (κ3) is 7.42. The summed E-state index contributed by atoms with van der Waals surface area (Å²) in [7, 11) is -0.932. The number of nitrogens with one attached hydrogen (secondary N) is 1. The standard InChI is InChI=1S/C13H24N2O5S/c1-10(9-21(2)19)14-13(18)15-6-3-11(4-7-15)20-8-5-12(16)17/h10-11H,3-9H2,1-2H3,(H,14,18)(H,16,17). The first-order chi connectivity index (χ1) is 9.88. The second-order valence-electron chi connectivity index (χ2n) is 5.29. The molecular formula is C13H24N2O5S. The summed E-state index contributed by atoms with van der Waals surface area (Å²) >= 11 is 0. The first-order valence-electron chi connectivity index (χ1n) is 7.07. The zero-order valence-electron chi connectivity index (χ0n) is 12.5. The molecule has 0 spiro atoms. The second kappa shape index (κ2) is 8.99. The van der Waals surface area contributed by atoms with E-state index in [1.807, 2.05) is 6.92 Å². The summed E-state index contributed by atoms with van der Waals surface area (Å²) in [5.74, 6) is -0.422. The maximum absolute atomic E-state index is 12.0. The number of carboxylic acids is 1. The van der Waals surface area contributed by atoms with Crippen LogP contribution in [0.3, 0.4) is 0 Å². The normalized spacial score (nSPS) is 19.0. The number of rotatable bonds is 7. The van der Waals surface area contributed by atoms with Crippen LogP contribution in [0.5, 0.6) is 0 Å². The molecule has 0 bridgehead atoms. The molecule has 7 nitrogen and oxygen atoms in total. The smallest absolute Gasteiger partial charge is 0.317 e. The summed E-state index contributed by atoms with van der Waals surface area (Å²) in [5.41, 5.74) is 0. The summed E-state index contributed by atoms with van der Waals surface area (Å²) in [6.45, 7) is 3.23. The van der Waals surface area contributed by atoms with Gasteiger partial charge in [0.05, 0.1) is 19.1 Å². The Bertz CT molecular complexity index is 383. The van der Waals surface area contributed by atoms with Crippen molar-refractivity contribution in [2.45, 2.75) is 38.3 Å². The van der Waals surface area contributed by atoms with Crippen LogP contribution in [0.2, 0.25) is 0 Å². The van der Waals surface area contributed by atoms with Gasteiger partial charge in [-0.05, 0) is 19.8 Å². The predicted molar refractivity (Wildman–Crippen MR) is 79.7 cm³/mol. The maximum Gasteiger partial charge on any atom is 0.317 e. The average molecular weight is 320 g/mol. The van der Waals surface area contributed by atoms with Gasteiger partial charge in [0.15, 0.2) is 0 Å². The van der Waals surface area contributed by atoms with Crippen LogP contribution in [0.1, 0.15) is 26.2 Å². The van der Waals surface area contributed by atoms with Crippen molar-refractivity contribution in [3.63, 3.8) is 0 Å². The number of carbonyl (C=O) groups is 2. The Morgan fingerprint density at radius 1 is 1.43 bits per heavy atom. The zero-order valence-corrected chi connectivity index (χ0v) is 13.4. The fourth-order valence-corrected chi connectivity index (χ4v) is 3.02. The summed E-state index contributed by atoms with van der Waals surface area (Å²) in [6, 6.07) is -0.259. The van der Waals surface area contributed by atoms with E-state index in [0.29, 0.717) is 31.7 Å². The molecule has 0 aliphatic carbocycles. The number of ether oxygens (including phenoxy) is 1. The number of hydrogen-bond donors (Lipinski definition) is 2. The first-order valence-corrected chi connectivity index (χ1v) is 8.80. The third-order valence-electron chi connectivity index (χ3n) is 3.25. The number of urea groups is 1. The second-order valence-corrected chi connectivity index (χ2v) is 6.77. The molecule has 0 aromatic heterocycles. The molecule has 1 aliphatic heterocycles. The van der Waals surface area contributed by atoms with E-state index in [-0.39, 0.29) is 31.2 Å².